The van der Waals surface area contributed by atoms with Gasteiger partial charge >= 0.3 is 5.97 Å². The van der Waals surface area contributed by atoms with E-state index >= 15 is 0 Å². The fourth-order valence-corrected chi connectivity index (χ4v) is 1.41. The number of non-ortho nitro benzene ring substituents is 1. The average molecular weight is 238 g/mol. The van der Waals surface area contributed by atoms with E-state index in [0.717, 1.165) is 5.56 Å². The second-order valence-electron chi connectivity index (χ2n) is 3.81. The maximum atomic E-state index is 10.4. The van der Waals surface area contributed by atoms with E-state index in [1.807, 2.05) is 0 Å². The lowest BCUT2D eigenvalue weighted by Crippen LogP contribution is -2.27. The summed E-state index contributed by atoms with van der Waals surface area (Å²) in [5, 5.41) is 19.0. The van der Waals surface area contributed by atoms with E-state index < -0.39 is 10.9 Å². The third-order valence-corrected chi connectivity index (χ3v) is 2.33. The number of carboxylic acid groups (broad SMARTS) is 1. The van der Waals surface area contributed by atoms with Crippen molar-refractivity contribution in [1.29, 1.82) is 0 Å². The Balaban J connectivity index is 2.47. The van der Waals surface area contributed by atoms with Crippen molar-refractivity contribution in [2.75, 3.05) is 20.1 Å². The number of hydrogen-bond donors (Lipinski definition) is 1. The van der Waals surface area contributed by atoms with Gasteiger partial charge in [-0.15, -0.1) is 0 Å². The highest BCUT2D eigenvalue weighted by Crippen LogP contribution is 2.12. The molecule has 0 aromatic heterocycles. The minimum atomic E-state index is -0.865. The van der Waals surface area contributed by atoms with Crippen LogP contribution in [0.15, 0.2) is 24.3 Å². The molecule has 0 heterocycles. The molecule has 6 heteroatoms. The van der Waals surface area contributed by atoms with E-state index in [4.69, 9.17) is 5.11 Å². The second kappa shape index (κ2) is 5.95. The molecule has 1 N–H and O–H groups in total. The molecule has 1 rings (SSSR count). The zero-order valence-electron chi connectivity index (χ0n) is 9.50. The van der Waals surface area contributed by atoms with Crippen LogP contribution < -0.4 is 0 Å². The Morgan fingerprint density at radius 2 is 2.00 bits per heavy atom. The molecule has 0 aliphatic carbocycles. The van der Waals surface area contributed by atoms with Crippen LogP contribution >= 0.6 is 0 Å². The predicted molar refractivity (Wildman–Crippen MR) is 61.9 cm³/mol. The Morgan fingerprint density at radius 3 is 2.47 bits per heavy atom. The van der Waals surface area contributed by atoms with Crippen LogP contribution in [-0.4, -0.2) is 41.0 Å². The van der Waals surface area contributed by atoms with Crippen molar-refractivity contribution in [2.45, 2.75) is 6.42 Å². The van der Waals surface area contributed by atoms with Gasteiger partial charge in [-0.1, -0.05) is 12.1 Å². The highest BCUT2D eigenvalue weighted by Gasteiger charge is 2.06. The monoisotopic (exact) mass is 238 g/mol. The summed E-state index contributed by atoms with van der Waals surface area (Å²) in [5.41, 5.74) is 1.01. The van der Waals surface area contributed by atoms with E-state index in [0.29, 0.717) is 13.0 Å². The SMILES string of the molecule is CN(CCc1ccc([N+](=O)[O-])cc1)CC(=O)O. The van der Waals surface area contributed by atoms with Gasteiger partial charge in [-0.05, 0) is 19.0 Å². The van der Waals surface area contributed by atoms with Gasteiger partial charge in [0, 0.05) is 18.7 Å². The van der Waals surface area contributed by atoms with Gasteiger partial charge in [-0.3, -0.25) is 19.8 Å². The lowest BCUT2D eigenvalue weighted by Gasteiger charge is -2.13. The fraction of sp³-hybridized carbons (Fsp3) is 0.364. The number of rotatable bonds is 6. The number of hydrogen-bond acceptors (Lipinski definition) is 4. The molecule has 0 bridgehead atoms. The van der Waals surface area contributed by atoms with Crippen LogP contribution in [0, 0.1) is 10.1 Å². The van der Waals surface area contributed by atoms with Crippen molar-refractivity contribution < 1.29 is 14.8 Å². The Morgan fingerprint density at radius 1 is 1.41 bits per heavy atom. The van der Waals surface area contributed by atoms with Gasteiger partial charge in [-0.25, -0.2) is 0 Å². The average Bonchev–Trinajstić information content (AvgIpc) is 2.26. The van der Waals surface area contributed by atoms with Crippen molar-refractivity contribution in [3.05, 3.63) is 39.9 Å². The van der Waals surface area contributed by atoms with Crippen molar-refractivity contribution in [3.63, 3.8) is 0 Å². The standard InChI is InChI=1S/C11H14N2O4/c1-12(8-11(14)15)7-6-9-2-4-10(5-3-9)13(16)17/h2-5H,6-8H2,1H3,(H,14,15). The highest BCUT2D eigenvalue weighted by molar-refractivity contribution is 5.68. The topological polar surface area (TPSA) is 83.7 Å². The second-order valence-corrected chi connectivity index (χ2v) is 3.81. The van der Waals surface area contributed by atoms with Crippen molar-refractivity contribution in [1.82, 2.24) is 4.90 Å². The summed E-state index contributed by atoms with van der Waals surface area (Å²) in [4.78, 5) is 22.1. The van der Waals surface area contributed by atoms with Crippen molar-refractivity contribution >= 4 is 11.7 Å². The predicted octanol–water partition coefficient (Wildman–Crippen LogP) is 1.15. The first-order chi connectivity index (χ1) is 7.99. The summed E-state index contributed by atoms with van der Waals surface area (Å²) in [5.74, 6) is -0.865. The molecule has 1 aromatic carbocycles. The van der Waals surface area contributed by atoms with E-state index in [2.05, 4.69) is 0 Å². The number of aliphatic carboxylic acids is 1. The smallest absolute Gasteiger partial charge is 0.317 e. The summed E-state index contributed by atoms with van der Waals surface area (Å²) in [6.07, 6.45) is 0.668. The Kier molecular flexibility index (Phi) is 4.59. The lowest BCUT2D eigenvalue weighted by atomic mass is 10.1. The lowest BCUT2D eigenvalue weighted by molar-refractivity contribution is -0.384. The van der Waals surface area contributed by atoms with Crippen molar-refractivity contribution in [3.8, 4) is 0 Å². The van der Waals surface area contributed by atoms with Crippen LogP contribution in [0.4, 0.5) is 5.69 Å². The van der Waals surface area contributed by atoms with Gasteiger partial charge in [0.05, 0.1) is 11.5 Å². The van der Waals surface area contributed by atoms with E-state index in [9.17, 15) is 14.9 Å². The number of carboxylic acids is 1. The maximum absolute atomic E-state index is 10.4. The van der Waals surface area contributed by atoms with Gasteiger partial charge < -0.3 is 5.11 Å². The van der Waals surface area contributed by atoms with Gasteiger partial charge in [0.15, 0.2) is 0 Å². The Bertz CT molecular complexity index is 402. The molecule has 0 radical (unpaired) electrons. The number of nitro benzene ring substituents is 1. The normalized spacial score (nSPS) is 10.5. The summed E-state index contributed by atoms with van der Waals surface area (Å²) < 4.78 is 0. The summed E-state index contributed by atoms with van der Waals surface area (Å²) in [6.45, 7) is 0.594. The van der Waals surface area contributed by atoms with E-state index in [1.54, 1.807) is 24.1 Å². The summed E-state index contributed by atoms with van der Waals surface area (Å²) in [6, 6.07) is 6.28. The fourth-order valence-electron chi connectivity index (χ4n) is 1.41. The molecule has 0 aliphatic rings. The third kappa shape index (κ3) is 4.60. The molecule has 1 aromatic rings. The first kappa shape index (κ1) is 13.1. The van der Waals surface area contributed by atoms with Crippen LogP contribution in [0.1, 0.15) is 5.56 Å². The maximum Gasteiger partial charge on any atom is 0.317 e. The van der Waals surface area contributed by atoms with Crippen LogP contribution in [0.3, 0.4) is 0 Å². The van der Waals surface area contributed by atoms with Crippen LogP contribution in [0.5, 0.6) is 0 Å². The third-order valence-electron chi connectivity index (χ3n) is 2.33. The van der Waals surface area contributed by atoms with Gasteiger partial charge in [0.2, 0.25) is 0 Å². The minimum Gasteiger partial charge on any atom is -0.480 e. The number of nitrogens with zero attached hydrogens (tertiary/aromatic N) is 2. The van der Waals surface area contributed by atoms with Gasteiger partial charge in [0.25, 0.3) is 5.69 Å². The minimum absolute atomic E-state index is 0.00696. The zero-order valence-corrected chi connectivity index (χ0v) is 9.50. The highest BCUT2D eigenvalue weighted by atomic mass is 16.6. The van der Waals surface area contributed by atoms with E-state index in [1.165, 1.54) is 12.1 Å². The molecule has 0 spiro atoms. The molecule has 0 saturated carbocycles. The number of carbonyl (C=O) groups is 1. The van der Waals surface area contributed by atoms with Gasteiger partial charge in [-0.2, -0.15) is 0 Å². The molecular formula is C11H14N2O4. The molecule has 0 fully saturated rings. The van der Waals surface area contributed by atoms with Gasteiger partial charge in [0.1, 0.15) is 0 Å². The molecule has 0 atom stereocenters. The molecule has 6 nitrogen and oxygen atoms in total. The molecule has 0 unspecified atom stereocenters. The molecule has 0 saturated heterocycles. The van der Waals surface area contributed by atoms with Crippen molar-refractivity contribution in [2.24, 2.45) is 0 Å². The van der Waals surface area contributed by atoms with E-state index in [-0.39, 0.29) is 12.2 Å². The first-order valence-electron chi connectivity index (χ1n) is 5.12. The van der Waals surface area contributed by atoms with Crippen LogP contribution in [0.2, 0.25) is 0 Å². The largest absolute Gasteiger partial charge is 0.480 e. The molecule has 17 heavy (non-hydrogen) atoms. The Hall–Kier alpha value is -1.95. The van der Waals surface area contributed by atoms with Crippen LogP contribution in [-0.2, 0) is 11.2 Å². The number of nitro groups is 1. The molecular weight excluding hydrogens is 224 g/mol. The summed E-state index contributed by atoms with van der Waals surface area (Å²) in [7, 11) is 1.72. The number of likely N-dealkylation sites (N-methyl/N-ethyl adjacent to an activating group) is 1. The Labute approximate surface area is 98.6 Å². The number of benzene rings is 1. The molecule has 92 valence electrons. The van der Waals surface area contributed by atoms with Crippen LogP contribution in [0.25, 0.3) is 0 Å². The first-order valence-corrected chi connectivity index (χ1v) is 5.12. The zero-order chi connectivity index (χ0) is 12.8. The summed E-state index contributed by atoms with van der Waals surface area (Å²) >= 11 is 0. The molecule has 0 aliphatic heterocycles. The quantitative estimate of drug-likeness (QED) is 0.593. The molecule has 0 amide bonds.